The lowest BCUT2D eigenvalue weighted by molar-refractivity contribution is -0.144. The minimum absolute atomic E-state index is 0.0147. The van der Waals surface area contributed by atoms with E-state index >= 15 is 0 Å². The Bertz CT molecular complexity index is 1190. The highest BCUT2D eigenvalue weighted by molar-refractivity contribution is 5.77. The number of ether oxygens (including phenoxy) is 1. The number of carbonyl (C=O) groups is 2. The number of amides is 1. The number of para-hydroxylation sites is 1. The number of nitrogens with zero attached hydrogens (tertiary/aromatic N) is 1. The van der Waals surface area contributed by atoms with Gasteiger partial charge in [-0.05, 0) is 31.0 Å². The van der Waals surface area contributed by atoms with E-state index in [9.17, 15) is 19.2 Å². The smallest absolute Gasteiger partial charge is 0.328 e. The van der Waals surface area contributed by atoms with Crippen molar-refractivity contribution in [3.8, 4) is 0 Å². The number of nitrogens with one attached hydrogen (secondary N) is 2. The van der Waals surface area contributed by atoms with Crippen molar-refractivity contribution >= 4 is 22.8 Å². The Morgan fingerprint density at radius 2 is 1.81 bits per heavy atom. The topological polar surface area (TPSA) is 110 Å². The van der Waals surface area contributed by atoms with E-state index in [4.69, 9.17) is 4.74 Å². The van der Waals surface area contributed by atoms with Crippen LogP contribution in [0.25, 0.3) is 10.9 Å². The Morgan fingerprint density at radius 3 is 2.52 bits per heavy atom. The van der Waals surface area contributed by atoms with Crippen molar-refractivity contribution in [3.05, 3.63) is 80.5 Å². The highest BCUT2D eigenvalue weighted by atomic mass is 16.5. The first kappa shape index (κ1) is 22.0. The van der Waals surface area contributed by atoms with Crippen LogP contribution in [-0.4, -0.2) is 28.0 Å². The molecule has 0 spiro atoms. The van der Waals surface area contributed by atoms with Crippen molar-refractivity contribution in [2.45, 2.75) is 39.3 Å². The SMILES string of the molecule is CC(=O)NC(CC(=O)OCCCn1c(=O)[nH]c2ccccc2c1=O)c1ccc(C)cc1. The lowest BCUT2D eigenvalue weighted by Crippen LogP contribution is -2.35. The van der Waals surface area contributed by atoms with Gasteiger partial charge in [-0.2, -0.15) is 0 Å². The molecule has 1 atom stereocenters. The Balaban J connectivity index is 1.57. The van der Waals surface area contributed by atoms with Crippen LogP contribution >= 0.6 is 0 Å². The number of esters is 1. The Morgan fingerprint density at radius 1 is 1.10 bits per heavy atom. The monoisotopic (exact) mass is 423 g/mol. The molecular formula is C23H25N3O5. The number of fused-ring (bicyclic) bond motifs is 1. The van der Waals surface area contributed by atoms with Gasteiger partial charge in [0.2, 0.25) is 5.91 Å². The fraction of sp³-hybridized carbons (Fsp3) is 0.304. The van der Waals surface area contributed by atoms with Gasteiger partial charge in [0.25, 0.3) is 5.56 Å². The van der Waals surface area contributed by atoms with E-state index in [1.807, 2.05) is 31.2 Å². The lowest BCUT2D eigenvalue weighted by Gasteiger charge is -2.18. The van der Waals surface area contributed by atoms with Gasteiger partial charge in [-0.1, -0.05) is 42.0 Å². The normalized spacial score (nSPS) is 11.8. The van der Waals surface area contributed by atoms with Crippen molar-refractivity contribution in [2.24, 2.45) is 0 Å². The predicted octanol–water partition coefficient (Wildman–Crippen LogP) is 2.20. The summed E-state index contributed by atoms with van der Waals surface area (Å²) < 4.78 is 6.37. The molecule has 1 unspecified atom stereocenters. The van der Waals surface area contributed by atoms with E-state index in [2.05, 4.69) is 10.3 Å². The van der Waals surface area contributed by atoms with Gasteiger partial charge in [0.05, 0.1) is 30.0 Å². The second-order valence-corrected chi connectivity index (χ2v) is 7.37. The second-order valence-electron chi connectivity index (χ2n) is 7.37. The van der Waals surface area contributed by atoms with E-state index in [0.717, 1.165) is 15.7 Å². The zero-order valence-corrected chi connectivity index (χ0v) is 17.5. The number of carbonyl (C=O) groups excluding carboxylic acids is 2. The molecule has 162 valence electrons. The number of aromatic amines is 1. The fourth-order valence-corrected chi connectivity index (χ4v) is 3.33. The van der Waals surface area contributed by atoms with Crippen LogP contribution in [0.2, 0.25) is 0 Å². The standard InChI is InChI=1S/C23H25N3O5/c1-15-8-10-17(11-9-15)20(24-16(2)27)14-21(28)31-13-5-12-26-22(29)18-6-3-4-7-19(18)25-23(26)30/h3-4,6-11,20H,5,12-14H2,1-2H3,(H,24,27)(H,25,30). The van der Waals surface area contributed by atoms with Gasteiger partial charge in [0.15, 0.2) is 0 Å². The van der Waals surface area contributed by atoms with Crippen LogP contribution in [0, 0.1) is 6.92 Å². The molecule has 1 heterocycles. The summed E-state index contributed by atoms with van der Waals surface area (Å²) in [6.07, 6.45) is 0.293. The third kappa shape index (κ3) is 5.69. The highest BCUT2D eigenvalue weighted by Gasteiger charge is 2.18. The predicted molar refractivity (Wildman–Crippen MR) is 117 cm³/mol. The van der Waals surface area contributed by atoms with Crippen LogP contribution in [0.3, 0.4) is 0 Å². The molecule has 0 saturated carbocycles. The molecular weight excluding hydrogens is 398 g/mol. The van der Waals surface area contributed by atoms with E-state index < -0.39 is 17.7 Å². The third-order valence-electron chi connectivity index (χ3n) is 4.91. The van der Waals surface area contributed by atoms with Crippen LogP contribution in [0.15, 0.2) is 58.1 Å². The zero-order chi connectivity index (χ0) is 22.4. The van der Waals surface area contributed by atoms with Gasteiger partial charge in [-0.15, -0.1) is 0 Å². The summed E-state index contributed by atoms with van der Waals surface area (Å²) in [6, 6.07) is 13.9. The molecule has 3 aromatic rings. The molecule has 31 heavy (non-hydrogen) atoms. The second kappa shape index (κ2) is 9.88. The van der Waals surface area contributed by atoms with Crippen LogP contribution in [0.5, 0.6) is 0 Å². The van der Waals surface area contributed by atoms with Crippen molar-refractivity contribution in [1.82, 2.24) is 14.9 Å². The van der Waals surface area contributed by atoms with Gasteiger partial charge < -0.3 is 15.0 Å². The first-order valence-corrected chi connectivity index (χ1v) is 10.1. The summed E-state index contributed by atoms with van der Waals surface area (Å²) in [6.45, 7) is 3.53. The largest absolute Gasteiger partial charge is 0.466 e. The van der Waals surface area contributed by atoms with Crippen molar-refractivity contribution in [2.75, 3.05) is 6.61 Å². The maximum atomic E-state index is 12.5. The molecule has 1 amide bonds. The maximum absolute atomic E-state index is 12.5. The van der Waals surface area contributed by atoms with Crippen LogP contribution in [-0.2, 0) is 20.9 Å². The summed E-state index contributed by atoms with van der Waals surface area (Å²) in [5.41, 5.74) is 1.50. The minimum atomic E-state index is -0.500. The Kier molecular flexibility index (Phi) is 7.02. The van der Waals surface area contributed by atoms with Crippen molar-refractivity contribution in [1.29, 1.82) is 0 Å². The molecule has 0 aliphatic heterocycles. The summed E-state index contributed by atoms with van der Waals surface area (Å²) in [5, 5.41) is 3.19. The van der Waals surface area contributed by atoms with Crippen molar-refractivity contribution in [3.63, 3.8) is 0 Å². The number of hydrogen-bond acceptors (Lipinski definition) is 5. The minimum Gasteiger partial charge on any atom is -0.466 e. The molecule has 0 fully saturated rings. The molecule has 3 rings (SSSR count). The van der Waals surface area contributed by atoms with Crippen molar-refractivity contribution < 1.29 is 14.3 Å². The fourth-order valence-electron chi connectivity index (χ4n) is 3.33. The number of benzene rings is 2. The summed E-state index contributed by atoms with van der Waals surface area (Å²) in [5.74, 6) is -0.715. The van der Waals surface area contributed by atoms with Gasteiger partial charge in [0, 0.05) is 13.5 Å². The quantitative estimate of drug-likeness (QED) is 0.426. The van der Waals surface area contributed by atoms with E-state index in [0.29, 0.717) is 17.3 Å². The van der Waals surface area contributed by atoms with Gasteiger partial charge in [-0.25, -0.2) is 4.79 Å². The maximum Gasteiger partial charge on any atom is 0.328 e. The van der Waals surface area contributed by atoms with E-state index in [1.54, 1.807) is 24.3 Å². The first-order valence-electron chi connectivity index (χ1n) is 10.1. The molecule has 0 radical (unpaired) electrons. The average molecular weight is 423 g/mol. The molecule has 8 heteroatoms. The van der Waals surface area contributed by atoms with E-state index in [-0.39, 0.29) is 31.0 Å². The molecule has 0 saturated heterocycles. The Hall–Kier alpha value is -3.68. The molecule has 2 aromatic carbocycles. The molecule has 8 nitrogen and oxygen atoms in total. The number of rotatable bonds is 8. The number of aryl methyl sites for hydroxylation is 1. The van der Waals surface area contributed by atoms with Crippen LogP contribution in [0.1, 0.15) is 36.9 Å². The zero-order valence-electron chi connectivity index (χ0n) is 17.5. The molecule has 0 aliphatic rings. The average Bonchev–Trinajstić information content (AvgIpc) is 2.73. The van der Waals surface area contributed by atoms with Crippen LogP contribution < -0.4 is 16.6 Å². The van der Waals surface area contributed by atoms with Gasteiger partial charge >= 0.3 is 11.7 Å². The number of H-pyrrole nitrogens is 1. The summed E-state index contributed by atoms with van der Waals surface area (Å²) in [4.78, 5) is 51.2. The molecule has 0 aliphatic carbocycles. The number of aromatic nitrogens is 2. The molecule has 2 N–H and O–H groups in total. The molecule has 1 aromatic heterocycles. The summed E-state index contributed by atoms with van der Waals surface area (Å²) >= 11 is 0. The number of hydrogen-bond donors (Lipinski definition) is 2. The highest BCUT2D eigenvalue weighted by Crippen LogP contribution is 2.18. The van der Waals surface area contributed by atoms with Crippen LogP contribution in [0.4, 0.5) is 0 Å². The van der Waals surface area contributed by atoms with E-state index in [1.165, 1.54) is 6.92 Å². The summed E-state index contributed by atoms with van der Waals surface area (Å²) in [7, 11) is 0. The third-order valence-corrected chi connectivity index (χ3v) is 4.91. The Labute approximate surface area is 178 Å². The van der Waals surface area contributed by atoms with Gasteiger partial charge in [0.1, 0.15) is 0 Å². The lowest BCUT2D eigenvalue weighted by atomic mass is 10.0. The van der Waals surface area contributed by atoms with Gasteiger partial charge in [-0.3, -0.25) is 19.0 Å². The first-order chi connectivity index (χ1) is 14.8. The molecule has 0 bridgehead atoms.